The Kier molecular flexibility index (Phi) is 5.26. The van der Waals surface area contributed by atoms with Gasteiger partial charge in [0.15, 0.2) is 3.90 Å². The smallest absolute Gasteiger partial charge is 0.195 e. The molecular formula is C19H19BrN2S. The summed E-state index contributed by atoms with van der Waals surface area (Å²) in [5.74, 6) is 0.842. The molecule has 0 unspecified atom stereocenters. The molecule has 2 atom stereocenters. The van der Waals surface area contributed by atoms with Gasteiger partial charge in [0.1, 0.15) is 0 Å². The summed E-state index contributed by atoms with van der Waals surface area (Å²) in [4.78, 5) is 0. The molecule has 118 valence electrons. The first-order valence-corrected chi connectivity index (χ1v) is 9.30. The molecule has 23 heavy (non-hydrogen) atoms. The highest BCUT2D eigenvalue weighted by Gasteiger charge is 2.34. The van der Waals surface area contributed by atoms with E-state index in [0.717, 1.165) is 11.4 Å². The van der Waals surface area contributed by atoms with E-state index in [4.69, 9.17) is 0 Å². The fraction of sp³-hybridized carbons (Fsp3) is 0.158. The van der Waals surface area contributed by atoms with E-state index in [1.54, 1.807) is 11.8 Å². The van der Waals surface area contributed by atoms with E-state index >= 15 is 0 Å². The van der Waals surface area contributed by atoms with Crippen LogP contribution in [-0.4, -0.2) is 9.66 Å². The lowest BCUT2D eigenvalue weighted by Crippen LogP contribution is -2.52. The van der Waals surface area contributed by atoms with E-state index in [1.165, 1.54) is 11.1 Å². The normalized spacial score (nSPS) is 23.7. The second-order valence-electron chi connectivity index (χ2n) is 5.30. The minimum atomic E-state index is -0.429. The SMILES string of the molecule is C=CCS[C@]1(Br)NC(c2ccccc2)=C[C@@H](c2ccccc2)N1. The van der Waals surface area contributed by atoms with Crippen LogP contribution in [0.25, 0.3) is 5.70 Å². The van der Waals surface area contributed by atoms with Gasteiger partial charge in [-0.3, -0.25) is 5.32 Å². The van der Waals surface area contributed by atoms with Gasteiger partial charge in [-0.1, -0.05) is 66.7 Å². The molecular weight excluding hydrogens is 368 g/mol. The van der Waals surface area contributed by atoms with Crippen LogP contribution in [0.2, 0.25) is 0 Å². The van der Waals surface area contributed by atoms with E-state index in [2.05, 4.69) is 87.7 Å². The summed E-state index contributed by atoms with van der Waals surface area (Å²) in [6.45, 7) is 3.82. The van der Waals surface area contributed by atoms with Crippen molar-refractivity contribution < 1.29 is 0 Å². The third-order valence-corrected chi connectivity index (χ3v) is 5.75. The third-order valence-electron chi connectivity index (χ3n) is 3.61. The van der Waals surface area contributed by atoms with Crippen molar-refractivity contribution in [2.75, 3.05) is 5.75 Å². The maximum atomic E-state index is 3.82. The number of nitrogens with one attached hydrogen (secondary N) is 2. The van der Waals surface area contributed by atoms with Crippen LogP contribution in [0.15, 0.2) is 79.4 Å². The van der Waals surface area contributed by atoms with E-state index in [9.17, 15) is 0 Å². The number of benzene rings is 2. The topological polar surface area (TPSA) is 24.1 Å². The van der Waals surface area contributed by atoms with Gasteiger partial charge in [0.25, 0.3) is 0 Å². The van der Waals surface area contributed by atoms with Gasteiger partial charge in [0, 0.05) is 11.4 Å². The summed E-state index contributed by atoms with van der Waals surface area (Å²) >= 11 is 5.56. The Morgan fingerprint density at radius 1 is 1.09 bits per heavy atom. The Morgan fingerprint density at radius 3 is 2.39 bits per heavy atom. The predicted octanol–water partition coefficient (Wildman–Crippen LogP) is 4.89. The van der Waals surface area contributed by atoms with Crippen molar-refractivity contribution in [3.8, 4) is 0 Å². The van der Waals surface area contributed by atoms with Crippen molar-refractivity contribution in [2.24, 2.45) is 0 Å². The van der Waals surface area contributed by atoms with E-state index in [1.807, 2.05) is 18.2 Å². The van der Waals surface area contributed by atoms with Crippen molar-refractivity contribution >= 4 is 33.4 Å². The molecule has 0 amide bonds. The summed E-state index contributed by atoms with van der Waals surface area (Å²) < 4.78 is -0.429. The molecule has 1 heterocycles. The van der Waals surface area contributed by atoms with E-state index in [-0.39, 0.29) is 6.04 Å². The van der Waals surface area contributed by atoms with Crippen LogP contribution in [0, 0.1) is 0 Å². The van der Waals surface area contributed by atoms with Gasteiger partial charge in [0.05, 0.1) is 6.04 Å². The number of rotatable bonds is 5. The van der Waals surface area contributed by atoms with Crippen LogP contribution in [0.4, 0.5) is 0 Å². The number of hydrogen-bond donors (Lipinski definition) is 2. The second kappa shape index (κ2) is 7.39. The molecule has 2 aromatic rings. The highest BCUT2D eigenvalue weighted by molar-refractivity contribution is 9.11. The average Bonchev–Trinajstić information content (AvgIpc) is 2.61. The van der Waals surface area contributed by atoms with Crippen LogP contribution < -0.4 is 10.6 Å². The molecule has 0 saturated carbocycles. The number of halogens is 1. The van der Waals surface area contributed by atoms with Gasteiger partial charge in [-0.2, -0.15) is 0 Å². The second-order valence-corrected chi connectivity index (χ2v) is 8.25. The van der Waals surface area contributed by atoms with Gasteiger partial charge in [-0.15, -0.1) is 18.3 Å². The quantitative estimate of drug-likeness (QED) is 0.434. The average molecular weight is 387 g/mol. The monoisotopic (exact) mass is 386 g/mol. The highest BCUT2D eigenvalue weighted by atomic mass is 79.9. The van der Waals surface area contributed by atoms with E-state index < -0.39 is 3.90 Å². The van der Waals surface area contributed by atoms with Crippen molar-refractivity contribution in [3.63, 3.8) is 0 Å². The van der Waals surface area contributed by atoms with Gasteiger partial charge in [-0.25, -0.2) is 0 Å². The van der Waals surface area contributed by atoms with Gasteiger partial charge < -0.3 is 5.32 Å². The number of hydrogen-bond acceptors (Lipinski definition) is 3. The van der Waals surface area contributed by atoms with Crippen LogP contribution in [-0.2, 0) is 0 Å². The predicted molar refractivity (Wildman–Crippen MR) is 104 cm³/mol. The van der Waals surface area contributed by atoms with Gasteiger partial charge in [0.2, 0.25) is 0 Å². The molecule has 0 radical (unpaired) electrons. The zero-order valence-corrected chi connectivity index (χ0v) is 15.1. The first kappa shape index (κ1) is 16.4. The van der Waals surface area contributed by atoms with Crippen LogP contribution >= 0.6 is 27.7 Å². The maximum absolute atomic E-state index is 3.82. The molecule has 1 aliphatic rings. The van der Waals surface area contributed by atoms with Crippen molar-refractivity contribution in [3.05, 3.63) is 90.5 Å². The molecule has 0 saturated heterocycles. The first-order valence-electron chi connectivity index (χ1n) is 7.52. The summed E-state index contributed by atoms with van der Waals surface area (Å²) in [5, 5.41) is 7.19. The lowest BCUT2D eigenvalue weighted by Gasteiger charge is -2.39. The third kappa shape index (κ3) is 4.08. The van der Waals surface area contributed by atoms with Crippen molar-refractivity contribution in [1.29, 1.82) is 0 Å². The molecule has 0 aromatic heterocycles. The molecule has 2 nitrogen and oxygen atoms in total. The first-order chi connectivity index (χ1) is 11.2. The molecule has 1 aliphatic heterocycles. The van der Waals surface area contributed by atoms with Gasteiger partial charge >= 0.3 is 0 Å². The summed E-state index contributed by atoms with van der Waals surface area (Å²) in [6.07, 6.45) is 4.15. The fourth-order valence-corrected chi connectivity index (χ4v) is 4.13. The Balaban J connectivity index is 1.96. The molecule has 0 fully saturated rings. The molecule has 0 bridgehead atoms. The van der Waals surface area contributed by atoms with E-state index in [0.29, 0.717) is 0 Å². The molecule has 0 spiro atoms. The Morgan fingerprint density at radius 2 is 1.74 bits per heavy atom. The molecule has 3 rings (SSSR count). The summed E-state index contributed by atoms with van der Waals surface area (Å²) in [5.41, 5.74) is 3.54. The minimum Gasteiger partial charge on any atom is -0.349 e. The van der Waals surface area contributed by atoms with Gasteiger partial charge in [-0.05, 0) is 33.1 Å². The summed E-state index contributed by atoms with van der Waals surface area (Å²) in [7, 11) is 0. The van der Waals surface area contributed by atoms with Crippen LogP contribution in [0.5, 0.6) is 0 Å². The largest absolute Gasteiger partial charge is 0.349 e. The van der Waals surface area contributed by atoms with Crippen LogP contribution in [0.1, 0.15) is 17.2 Å². The maximum Gasteiger partial charge on any atom is 0.195 e. The lowest BCUT2D eigenvalue weighted by atomic mass is 10.0. The fourth-order valence-electron chi connectivity index (χ4n) is 2.54. The molecule has 4 heteroatoms. The molecule has 0 aliphatic carbocycles. The van der Waals surface area contributed by atoms with Crippen molar-refractivity contribution in [1.82, 2.24) is 10.6 Å². The van der Waals surface area contributed by atoms with Crippen LogP contribution in [0.3, 0.4) is 0 Å². The standard InChI is InChI=1S/C19H19BrN2S/c1-2-13-23-19(20)21-17(15-9-5-3-6-10-15)14-18(22-19)16-11-7-4-8-12-16/h2-12,14,17,21-22H,1,13H2/t17-,19-/m0/s1. The Hall–Kier alpha value is -1.49. The molecule has 2 aromatic carbocycles. The van der Waals surface area contributed by atoms with Crippen molar-refractivity contribution in [2.45, 2.75) is 9.95 Å². The number of alkyl halides is 1. The lowest BCUT2D eigenvalue weighted by molar-refractivity contribution is 0.513. The Labute approximate surface area is 150 Å². The Bertz CT molecular complexity index is 687. The highest BCUT2D eigenvalue weighted by Crippen LogP contribution is 2.37. The zero-order chi connectivity index (χ0) is 16.1. The molecule has 2 N–H and O–H groups in total. The zero-order valence-electron chi connectivity index (χ0n) is 12.7. The number of thioether (sulfide) groups is 1. The minimum absolute atomic E-state index is 0.129. The summed E-state index contributed by atoms with van der Waals surface area (Å²) in [6, 6.07) is 21.0.